The number of amides is 1. The smallest absolute Gasteiger partial charge is 0.313 e. The molecule has 1 aromatic carbocycles. The van der Waals surface area contributed by atoms with Gasteiger partial charge in [0.25, 0.3) is 5.91 Å². The van der Waals surface area contributed by atoms with E-state index < -0.39 is 11.5 Å². The van der Waals surface area contributed by atoms with Crippen molar-refractivity contribution in [1.29, 1.82) is 0 Å². The van der Waals surface area contributed by atoms with Crippen LogP contribution in [0, 0.1) is 5.82 Å². The number of benzene rings is 1. The van der Waals surface area contributed by atoms with Crippen molar-refractivity contribution < 1.29 is 23.1 Å². The van der Waals surface area contributed by atoms with Gasteiger partial charge in [0, 0.05) is 0 Å². The first-order chi connectivity index (χ1) is 11.0. The molecule has 2 aromatic rings. The zero-order chi connectivity index (χ0) is 16.4. The van der Waals surface area contributed by atoms with Gasteiger partial charge in [-0.25, -0.2) is 4.39 Å². The molecule has 0 bridgehead atoms. The third-order valence-electron chi connectivity index (χ3n) is 4.00. The Labute approximate surface area is 132 Å². The molecule has 23 heavy (non-hydrogen) atoms. The summed E-state index contributed by atoms with van der Waals surface area (Å²) in [7, 11) is 1.27. The minimum atomic E-state index is -0.543. The molecule has 1 amide bonds. The molecule has 1 aromatic heterocycles. The Morgan fingerprint density at radius 2 is 2.13 bits per heavy atom. The molecule has 1 saturated carbocycles. The van der Waals surface area contributed by atoms with E-state index in [2.05, 4.69) is 10.1 Å². The monoisotopic (exact) mass is 317 g/mol. The summed E-state index contributed by atoms with van der Waals surface area (Å²) >= 11 is 0. The van der Waals surface area contributed by atoms with E-state index in [1.165, 1.54) is 31.6 Å². The summed E-state index contributed by atoms with van der Waals surface area (Å²) < 4.78 is 23.2. The topological polar surface area (TPSA) is 68.5 Å². The standard InChI is InChI=1S/C17H16FNO4/c1-22-15(20)10-14-13(5-8-23-14)16(21)19-17(6-7-17)11-3-2-4-12(18)9-11/h2-5,8-9H,6-7,10H2,1H3,(H,19,21). The van der Waals surface area contributed by atoms with Crippen molar-refractivity contribution in [2.24, 2.45) is 0 Å². The maximum Gasteiger partial charge on any atom is 0.313 e. The molecule has 1 fully saturated rings. The number of hydrogen-bond donors (Lipinski definition) is 1. The van der Waals surface area contributed by atoms with Gasteiger partial charge in [-0.05, 0) is 36.6 Å². The van der Waals surface area contributed by atoms with Crippen molar-refractivity contribution >= 4 is 11.9 Å². The van der Waals surface area contributed by atoms with E-state index in [1.807, 2.05) is 0 Å². The Hall–Kier alpha value is -2.63. The van der Waals surface area contributed by atoms with Crippen LogP contribution < -0.4 is 5.32 Å². The van der Waals surface area contributed by atoms with Crippen LogP contribution in [0.25, 0.3) is 0 Å². The SMILES string of the molecule is COC(=O)Cc1occc1C(=O)NC1(c2cccc(F)c2)CC1. The van der Waals surface area contributed by atoms with Crippen LogP contribution in [-0.4, -0.2) is 19.0 Å². The van der Waals surface area contributed by atoms with Crippen LogP contribution in [0.3, 0.4) is 0 Å². The molecule has 1 aliphatic rings. The van der Waals surface area contributed by atoms with Crippen molar-refractivity contribution in [1.82, 2.24) is 5.32 Å². The summed E-state index contributed by atoms with van der Waals surface area (Å²) in [6, 6.07) is 7.72. The van der Waals surface area contributed by atoms with Gasteiger partial charge in [0.1, 0.15) is 18.0 Å². The van der Waals surface area contributed by atoms with Crippen LogP contribution >= 0.6 is 0 Å². The highest BCUT2D eigenvalue weighted by molar-refractivity contribution is 5.96. The van der Waals surface area contributed by atoms with E-state index in [1.54, 1.807) is 12.1 Å². The number of furan rings is 1. The minimum Gasteiger partial charge on any atom is -0.469 e. The van der Waals surface area contributed by atoms with Crippen molar-refractivity contribution in [3.63, 3.8) is 0 Å². The summed E-state index contributed by atoms with van der Waals surface area (Å²) in [5, 5.41) is 2.93. The Balaban J connectivity index is 1.78. The second-order valence-electron chi connectivity index (χ2n) is 5.56. The molecule has 5 nitrogen and oxygen atoms in total. The van der Waals surface area contributed by atoms with Crippen molar-refractivity contribution in [3.8, 4) is 0 Å². The molecule has 0 saturated heterocycles. The summed E-state index contributed by atoms with van der Waals surface area (Å²) in [5.74, 6) is -0.915. The first-order valence-electron chi connectivity index (χ1n) is 7.26. The first-order valence-corrected chi connectivity index (χ1v) is 7.26. The van der Waals surface area contributed by atoms with E-state index >= 15 is 0 Å². The molecule has 1 heterocycles. The molecular weight excluding hydrogens is 301 g/mol. The van der Waals surface area contributed by atoms with Crippen molar-refractivity contribution in [2.75, 3.05) is 7.11 Å². The molecule has 0 radical (unpaired) electrons. The number of carbonyl (C=O) groups is 2. The van der Waals surface area contributed by atoms with Gasteiger partial charge in [0.2, 0.25) is 0 Å². The van der Waals surface area contributed by atoms with Crippen LogP contribution in [0.15, 0.2) is 41.0 Å². The van der Waals surface area contributed by atoms with Crippen molar-refractivity contribution in [2.45, 2.75) is 24.8 Å². The van der Waals surface area contributed by atoms with Gasteiger partial charge in [-0.2, -0.15) is 0 Å². The number of methoxy groups -OCH3 is 1. The largest absolute Gasteiger partial charge is 0.469 e. The summed E-state index contributed by atoms with van der Waals surface area (Å²) in [4.78, 5) is 23.8. The second-order valence-corrected chi connectivity index (χ2v) is 5.56. The second kappa shape index (κ2) is 5.87. The predicted octanol–water partition coefficient (Wildman–Crippen LogP) is 2.55. The maximum atomic E-state index is 13.4. The Morgan fingerprint density at radius 1 is 1.35 bits per heavy atom. The Bertz CT molecular complexity index is 749. The van der Waals surface area contributed by atoms with E-state index in [9.17, 15) is 14.0 Å². The fourth-order valence-corrected chi connectivity index (χ4v) is 2.56. The minimum absolute atomic E-state index is 0.112. The third kappa shape index (κ3) is 3.11. The van der Waals surface area contributed by atoms with Crippen LogP contribution in [-0.2, 0) is 21.5 Å². The number of hydrogen-bond acceptors (Lipinski definition) is 4. The van der Waals surface area contributed by atoms with Crippen LogP contribution in [0.5, 0.6) is 0 Å². The normalized spacial score (nSPS) is 15.0. The van der Waals surface area contributed by atoms with Gasteiger partial charge in [-0.3, -0.25) is 9.59 Å². The number of carbonyl (C=O) groups excluding carboxylic acids is 2. The quantitative estimate of drug-likeness (QED) is 0.861. The van der Waals surface area contributed by atoms with E-state index in [0.717, 1.165) is 18.4 Å². The van der Waals surface area contributed by atoms with E-state index in [4.69, 9.17) is 4.42 Å². The Kier molecular flexibility index (Phi) is 3.90. The summed E-state index contributed by atoms with van der Waals surface area (Å²) in [6.07, 6.45) is 2.73. The van der Waals surface area contributed by atoms with Gasteiger partial charge < -0.3 is 14.5 Å². The summed E-state index contributed by atoms with van der Waals surface area (Å²) in [6.45, 7) is 0. The van der Waals surface area contributed by atoms with E-state index in [0.29, 0.717) is 0 Å². The van der Waals surface area contributed by atoms with Crippen molar-refractivity contribution in [3.05, 3.63) is 59.3 Å². The third-order valence-corrected chi connectivity index (χ3v) is 4.00. The van der Waals surface area contributed by atoms with Gasteiger partial charge in [-0.1, -0.05) is 12.1 Å². The lowest BCUT2D eigenvalue weighted by molar-refractivity contribution is -0.140. The van der Waals surface area contributed by atoms with Crippen LogP contribution in [0.1, 0.15) is 34.5 Å². The van der Waals surface area contributed by atoms with Gasteiger partial charge in [-0.15, -0.1) is 0 Å². The number of nitrogens with one attached hydrogen (secondary N) is 1. The molecule has 0 atom stereocenters. The molecule has 0 aliphatic heterocycles. The first kappa shape index (κ1) is 15.3. The molecule has 1 N–H and O–H groups in total. The lowest BCUT2D eigenvalue weighted by Crippen LogP contribution is -2.35. The fraction of sp³-hybridized carbons (Fsp3) is 0.294. The highest BCUT2D eigenvalue weighted by atomic mass is 19.1. The van der Waals surface area contributed by atoms with Gasteiger partial charge in [0.05, 0.1) is 24.5 Å². The molecule has 0 unspecified atom stereocenters. The lowest BCUT2D eigenvalue weighted by Gasteiger charge is -2.18. The molecular formula is C17H16FNO4. The van der Waals surface area contributed by atoms with Crippen LogP contribution in [0.2, 0.25) is 0 Å². The number of ether oxygens (including phenoxy) is 1. The molecule has 6 heteroatoms. The van der Waals surface area contributed by atoms with Gasteiger partial charge in [0.15, 0.2) is 0 Å². The summed E-state index contributed by atoms with van der Waals surface area (Å²) in [5.41, 5.74) is 0.487. The highest BCUT2D eigenvalue weighted by Crippen LogP contribution is 2.45. The Morgan fingerprint density at radius 3 is 2.78 bits per heavy atom. The molecule has 1 aliphatic carbocycles. The zero-order valence-corrected chi connectivity index (χ0v) is 12.6. The fourth-order valence-electron chi connectivity index (χ4n) is 2.56. The molecule has 120 valence electrons. The maximum absolute atomic E-state index is 13.4. The van der Waals surface area contributed by atoms with E-state index in [-0.39, 0.29) is 29.5 Å². The molecule has 0 spiro atoms. The lowest BCUT2D eigenvalue weighted by atomic mass is 10.0. The average Bonchev–Trinajstić information content (AvgIpc) is 3.17. The predicted molar refractivity (Wildman–Crippen MR) is 79.2 cm³/mol. The number of esters is 1. The molecule has 3 rings (SSSR count). The van der Waals surface area contributed by atoms with Crippen LogP contribution in [0.4, 0.5) is 4.39 Å². The van der Waals surface area contributed by atoms with Gasteiger partial charge >= 0.3 is 5.97 Å². The average molecular weight is 317 g/mol. The number of halogens is 1. The number of rotatable bonds is 5. The zero-order valence-electron chi connectivity index (χ0n) is 12.6. The highest BCUT2D eigenvalue weighted by Gasteiger charge is 2.46.